The zero-order valence-corrected chi connectivity index (χ0v) is 8.08. The Bertz CT molecular complexity index is 347. The molecule has 78 valence electrons. The van der Waals surface area contributed by atoms with Crippen LogP contribution in [-0.4, -0.2) is 21.9 Å². The van der Waals surface area contributed by atoms with E-state index in [4.69, 9.17) is 10.2 Å². The third-order valence-electron chi connectivity index (χ3n) is 2.22. The number of phenols is 2. The molecule has 0 aliphatic heterocycles. The number of rotatable bonds is 2. The van der Waals surface area contributed by atoms with Crippen molar-refractivity contribution < 1.29 is 19.7 Å². The zero-order chi connectivity index (χ0) is 10.9. The molecule has 0 radical (unpaired) electrons. The molecule has 0 aliphatic carbocycles. The number of hydrogen-bond donors (Lipinski definition) is 3. The van der Waals surface area contributed by atoms with Crippen molar-refractivity contribution in [2.24, 2.45) is 0 Å². The van der Waals surface area contributed by atoms with Gasteiger partial charge in [-0.15, -0.1) is 0 Å². The fourth-order valence-electron chi connectivity index (χ4n) is 1.19. The van der Waals surface area contributed by atoms with Crippen LogP contribution in [0.1, 0.15) is 19.4 Å². The fourth-order valence-corrected chi connectivity index (χ4v) is 1.19. The van der Waals surface area contributed by atoms with Gasteiger partial charge in [-0.1, -0.05) is 19.9 Å². The second kappa shape index (κ2) is 3.46. The van der Waals surface area contributed by atoms with Gasteiger partial charge in [0.05, 0.1) is 6.61 Å². The molecule has 3 N–H and O–H groups in total. The summed E-state index contributed by atoms with van der Waals surface area (Å²) >= 11 is 0. The molecule has 0 unspecified atom stereocenters. The predicted molar refractivity (Wildman–Crippen MR) is 49.8 cm³/mol. The number of hydrogen-bond acceptors (Lipinski definition) is 3. The number of aliphatic hydroxyl groups excluding tert-OH is 1. The van der Waals surface area contributed by atoms with Crippen LogP contribution in [0.3, 0.4) is 0 Å². The van der Waals surface area contributed by atoms with E-state index in [0.29, 0.717) is 0 Å². The normalized spacial score (nSPS) is 11.7. The standard InChI is InChI=1S/C10H13FO3/c1-10(2,5-12)6-3-4-7(13)8(11)9(6)14/h3-4,12-14H,5H2,1-2H3. The maximum absolute atomic E-state index is 13.1. The molecular formula is C10H13FO3. The topological polar surface area (TPSA) is 60.7 Å². The van der Waals surface area contributed by atoms with Gasteiger partial charge in [-0.2, -0.15) is 4.39 Å². The molecule has 14 heavy (non-hydrogen) atoms. The van der Waals surface area contributed by atoms with Crippen LogP contribution >= 0.6 is 0 Å². The van der Waals surface area contributed by atoms with E-state index in [1.54, 1.807) is 13.8 Å². The Balaban J connectivity index is 3.31. The Kier molecular flexibility index (Phi) is 2.66. The summed E-state index contributed by atoms with van der Waals surface area (Å²) in [5.74, 6) is -2.26. The summed E-state index contributed by atoms with van der Waals surface area (Å²) in [6, 6.07) is 2.55. The summed E-state index contributed by atoms with van der Waals surface area (Å²) in [5, 5.41) is 27.4. The van der Waals surface area contributed by atoms with Gasteiger partial charge in [-0.25, -0.2) is 0 Å². The number of aliphatic hydroxyl groups is 1. The average molecular weight is 200 g/mol. The van der Waals surface area contributed by atoms with Crippen molar-refractivity contribution in [2.75, 3.05) is 6.61 Å². The lowest BCUT2D eigenvalue weighted by atomic mass is 9.85. The molecule has 0 aliphatic rings. The highest BCUT2D eigenvalue weighted by atomic mass is 19.1. The van der Waals surface area contributed by atoms with Gasteiger partial charge in [0.2, 0.25) is 5.82 Å². The molecule has 0 spiro atoms. The third-order valence-corrected chi connectivity index (χ3v) is 2.22. The smallest absolute Gasteiger partial charge is 0.206 e. The summed E-state index contributed by atoms with van der Waals surface area (Å²) in [6.45, 7) is 3.11. The summed E-state index contributed by atoms with van der Waals surface area (Å²) in [7, 11) is 0. The SMILES string of the molecule is CC(C)(CO)c1ccc(O)c(F)c1O. The van der Waals surface area contributed by atoms with Gasteiger partial charge in [0.1, 0.15) is 0 Å². The molecule has 0 atom stereocenters. The minimum absolute atomic E-state index is 0.217. The number of benzene rings is 1. The van der Waals surface area contributed by atoms with E-state index >= 15 is 0 Å². The lowest BCUT2D eigenvalue weighted by molar-refractivity contribution is 0.214. The first-order valence-corrected chi connectivity index (χ1v) is 4.22. The number of aromatic hydroxyl groups is 2. The predicted octanol–water partition coefficient (Wildman–Crippen LogP) is 1.51. The van der Waals surface area contributed by atoms with Crippen LogP contribution < -0.4 is 0 Å². The second-order valence-corrected chi connectivity index (χ2v) is 3.84. The summed E-state index contributed by atoms with van der Waals surface area (Å²) in [4.78, 5) is 0. The number of halogens is 1. The largest absolute Gasteiger partial charge is 0.505 e. The van der Waals surface area contributed by atoms with Crippen molar-refractivity contribution in [3.63, 3.8) is 0 Å². The van der Waals surface area contributed by atoms with E-state index in [9.17, 15) is 9.50 Å². The van der Waals surface area contributed by atoms with Gasteiger partial charge in [0, 0.05) is 11.0 Å². The van der Waals surface area contributed by atoms with E-state index in [0.717, 1.165) is 6.07 Å². The van der Waals surface area contributed by atoms with Crippen LogP contribution in [0.4, 0.5) is 4.39 Å². The Morgan fingerprint density at radius 1 is 1.29 bits per heavy atom. The zero-order valence-electron chi connectivity index (χ0n) is 8.08. The van der Waals surface area contributed by atoms with Gasteiger partial charge in [0.15, 0.2) is 11.5 Å². The van der Waals surface area contributed by atoms with Crippen molar-refractivity contribution in [2.45, 2.75) is 19.3 Å². The van der Waals surface area contributed by atoms with Crippen molar-refractivity contribution in [1.82, 2.24) is 0 Å². The maximum Gasteiger partial charge on any atom is 0.206 e. The van der Waals surface area contributed by atoms with E-state index < -0.39 is 22.7 Å². The van der Waals surface area contributed by atoms with Crippen LogP contribution in [0.15, 0.2) is 12.1 Å². The van der Waals surface area contributed by atoms with Crippen molar-refractivity contribution >= 4 is 0 Å². The number of phenolic OH excluding ortho intramolecular Hbond substituents is 2. The molecule has 0 fully saturated rings. The Hall–Kier alpha value is -1.29. The quantitative estimate of drug-likeness (QED) is 0.678. The maximum atomic E-state index is 13.1. The van der Waals surface area contributed by atoms with Crippen LogP contribution in [0.2, 0.25) is 0 Å². The molecule has 4 heteroatoms. The molecule has 1 aromatic carbocycles. The van der Waals surface area contributed by atoms with E-state index in [2.05, 4.69) is 0 Å². The first-order chi connectivity index (χ1) is 6.40. The molecule has 0 amide bonds. The summed E-state index contributed by atoms with van der Waals surface area (Å²) in [6.07, 6.45) is 0. The minimum Gasteiger partial charge on any atom is -0.505 e. The summed E-state index contributed by atoms with van der Waals surface area (Å²) < 4.78 is 13.1. The van der Waals surface area contributed by atoms with Gasteiger partial charge in [-0.05, 0) is 6.07 Å². The Morgan fingerprint density at radius 2 is 1.86 bits per heavy atom. The molecule has 0 aromatic heterocycles. The Morgan fingerprint density at radius 3 is 2.36 bits per heavy atom. The fraction of sp³-hybridized carbons (Fsp3) is 0.400. The highest BCUT2D eigenvalue weighted by Gasteiger charge is 2.25. The van der Waals surface area contributed by atoms with Crippen LogP contribution in [0.5, 0.6) is 11.5 Å². The molecule has 0 saturated carbocycles. The van der Waals surface area contributed by atoms with E-state index in [1.807, 2.05) is 0 Å². The van der Waals surface area contributed by atoms with Crippen molar-refractivity contribution in [1.29, 1.82) is 0 Å². The average Bonchev–Trinajstić information content (AvgIpc) is 2.14. The minimum atomic E-state index is -1.05. The van der Waals surface area contributed by atoms with Gasteiger partial charge < -0.3 is 15.3 Å². The van der Waals surface area contributed by atoms with Gasteiger partial charge in [-0.3, -0.25) is 0 Å². The molecule has 0 heterocycles. The van der Waals surface area contributed by atoms with Gasteiger partial charge in [0.25, 0.3) is 0 Å². The summed E-state index contributed by atoms with van der Waals surface area (Å²) in [5.41, 5.74) is -0.464. The van der Waals surface area contributed by atoms with Crippen LogP contribution in [-0.2, 0) is 5.41 Å². The second-order valence-electron chi connectivity index (χ2n) is 3.84. The lowest BCUT2D eigenvalue weighted by Gasteiger charge is -2.23. The first kappa shape index (κ1) is 10.8. The first-order valence-electron chi connectivity index (χ1n) is 4.22. The van der Waals surface area contributed by atoms with Crippen molar-refractivity contribution in [3.8, 4) is 11.5 Å². The molecule has 1 aromatic rings. The Labute approximate surface area is 81.4 Å². The molecule has 0 saturated heterocycles. The molecular weight excluding hydrogens is 187 g/mol. The van der Waals surface area contributed by atoms with E-state index in [-0.39, 0.29) is 12.2 Å². The molecule has 0 bridgehead atoms. The van der Waals surface area contributed by atoms with Crippen molar-refractivity contribution in [3.05, 3.63) is 23.5 Å². The highest BCUT2D eigenvalue weighted by Crippen LogP contribution is 2.35. The third kappa shape index (κ3) is 1.65. The van der Waals surface area contributed by atoms with Crippen LogP contribution in [0.25, 0.3) is 0 Å². The highest BCUT2D eigenvalue weighted by molar-refractivity contribution is 5.44. The monoisotopic (exact) mass is 200 g/mol. The molecule has 1 rings (SSSR count). The molecule has 3 nitrogen and oxygen atoms in total. The van der Waals surface area contributed by atoms with Crippen LogP contribution in [0, 0.1) is 5.82 Å². The van der Waals surface area contributed by atoms with E-state index in [1.165, 1.54) is 6.07 Å². The lowest BCUT2D eigenvalue weighted by Crippen LogP contribution is -2.22. The van der Waals surface area contributed by atoms with Gasteiger partial charge >= 0.3 is 0 Å².